The van der Waals surface area contributed by atoms with Gasteiger partial charge in [-0.2, -0.15) is 4.98 Å². The van der Waals surface area contributed by atoms with Crippen molar-refractivity contribution in [2.45, 2.75) is 110 Å². The van der Waals surface area contributed by atoms with E-state index in [-0.39, 0.29) is 36.5 Å². The maximum absolute atomic E-state index is 14.3. The Hall–Kier alpha value is -2.93. The first-order valence-electron chi connectivity index (χ1n) is 16.1. The maximum Gasteiger partial charge on any atom is 0.407 e. The number of hydrogen-bond donors (Lipinski definition) is 1. The summed E-state index contributed by atoms with van der Waals surface area (Å²) in [6.07, 6.45) is 5.05. The van der Waals surface area contributed by atoms with Gasteiger partial charge in [0, 0.05) is 57.2 Å². The number of nitrogens with one attached hydrogen (secondary N) is 1. The van der Waals surface area contributed by atoms with Crippen molar-refractivity contribution in [3.8, 4) is 11.1 Å². The maximum atomic E-state index is 14.3. The molecule has 2 aliphatic heterocycles. The monoisotopic (exact) mass is 684 g/mol. The van der Waals surface area contributed by atoms with E-state index in [0.717, 1.165) is 58.1 Å². The van der Waals surface area contributed by atoms with Gasteiger partial charge in [-0.25, -0.2) is 9.78 Å². The number of alkyl carbamates (subject to hydrolysis) is 1. The molecule has 1 amide bonds. The first kappa shape index (κ1) is 33.0. The highest BCUT2D eigenvalue weighted by Gasteiger charge is 2.43. The number of piperidine rings is 1. The predicted molar refractivity (Wildman–Crippen MR) is 189 cm³/mol. The van der Waals surface area contributed by atoms with Crippen molar-refractivity contribution < 1.29 is 14.3 Å². The highest BCUT2D eigenvalue weighted by molar-refractivity contribution is 7.19. The van der Waals surface area contributed by atoms with Crippen molar-refractivity contribution in [3.05, 3.63) is 38.7 Å². The number of aryl methyl sites for hydroxylation is 1. The van der Waals surface area contributed by atoms with Gasteiger partial charge in [-0.15, -0.1) is 11.3 Å². The van der Waals surface area contributed by atoms with Crippen LogP contribution in [0.15, 0.2) is 23.1 Å². The molecule has 2 bridgehead atoms. The van der Waals surface area contributed by atoms with Crippen molar-refractivity contribution in [1.29, 1.82) is 0 Å². The molecule has 0 spiro atoms. The normalized spacial score (nSPS) is 20.2. The highest BCUT2D eigenvalue weighted by atomic mass is 35.5. The minimum absolute atomic E-state index is 0.00651. The largest absolute Gasteiger partial charge is 0.444 e. The van der Waals surface area contributed by atoms with Gasteiger partial charge in [0.05, 0.1) is 25.6 Å². The van der Waals surface area contributed by atoms with E-state index in [1.54, 1.807) is 23.0 Å². The Balaban J connectivity index is 1.38. The van der Waals surface area contributed by atoms with Gasteiger partial charge in [0.1, 0.15) is 12.3 Å². The Bertz CT molecular complexity index is 1840. The van der Waals surface area contributed by atoms with Crippen molar-refractivity contribution in [2.24, 2.45) is 7.05 Å². The second-order valence-corrected chi connectivity index (χ2v) is 22.2. The standard InChI is InChI=1S/C33H45ClN6O4SSi/c1-19-35-25-12-11-23(27(34)28(25)45-19)24-17-39(18-43-13-14-46(6,7)8)29-26(24)30(41)38(5)31(37-29)40-21-9-10-22(40)16-20(15-21)36-32(42)44-33(2,3)4/h11-12,17,20-22H,9-10,13-16,18H2,1-8H3,(H,36,42). The summed E-state index contributed by atoms with van der Waals surface area (Å²) in [7, 11) is 0.524. The van der Waals surface area contributed by atoms with Crippen molar-refractivity contribution >= 4 is 64.3 Å². The van der Waals surface area contributed by atoms with Crippen LogP contribution >= 0.6 is 22.9 Å². The lowest BCUT2D eigenvalue weighted by Gasteiger charge is -2.40. The number of thiazole rings is 1. The van der Waals surface area contributed by atoms with E-state index in [1.807, 2.05) is 50.6 Å². The minimum Gasteiger partial charge on any atom is -0.444 e. The predicted octanol–water partition coefficient (Wildman–Crippen LogP) is 7.31. The Morgan fingerprint density at radius 1 is 1.13 bits per heavy atom. The topological polar surface area (TPSA) is 104 Å². The fourth-order valence-electron chi connectivity index (χ4n) is 6.75. The molecule has 4 aromatic rings. The summed E-state index contributed by atoms with van der Waals surface area (Å²) < 4.78 is 16.3. The van der Waals surface area contributed by atoms with Gasteiger partial charge < -0.3 is 24.3 Å². The van der Waals surface area contributed by atoms with E-state index in [1.165, 1.54) is 0 Å². The molecule has 46 heavy (non-hydrogen) atoms. The smallest absolute Gasteiger partial charge is 0.407 e. The quantitative estimate of drug-likeness (QED) is 0.153. The summed E-state index contributed by atoms with van der Waals surface area (Å²) in [6.45, 7) is 15.5. The Labute approximate surface area is 280 Å². The average molecular weight is 685 g/mol. The minimum atomic E-state index is -1.28. The van der Waals surface area contributed by atoms with Crippen LogP contribution in [-0.2, 0) is 23.3 Å². The first-order valence-corrected chi connectivity index (χ1v) is 21.0. The number of hydrogen-bond acceptors (Lipinski definition) is 8. The number of carbonyl (C=O) groups excluding carboxylic acids is 1. The van der Waals surface area contributed by atoms with Crippen LogP contribution in [0.3, 0.4) is 0 Å². The molecule has 2 fully saturated rings. The molecule has 13 heteroatoms. The summed E-state index contributed by atoms with van der Waals surface area (Å²) in [5, 5.41) is 5.13. The number of aromatic nitrogens is 4. The third-order valence-electron chi connectivity index (χ3n) is 8.88. The number of anilines is 1. The van der Waals surface area contributed by atoms with Gasteiger partial charge in [-0.3, -0.25) is 9.36 Å². The summed E-state index contributed by atoms with van der Waals surface area (Å²) in [5.41, 5.74) is 2.28. The van der Waals surface area contributed by atoms with Crippen molar-refractivity contribution in [3.63, 3.8) is 0 Å². The van der Waals surface area contributed by atoms with Gasteiger partial charge in [0.15, 0.2) is 5.65 Å². The molecule has 3 aromatic heterocycles. The summed E-state index contributed by atoms with van der Waals surface area (Å²) in [4.78, 5) is 39.0. The zero-order chi connectivity index (χ0) is 33.1. The molecule has 2 saturated heterocycles. The molecule has 5 heterocycles. The van der Waals surface area contributed by atoms with Gasteiger partial charge in [0.25, 0.3) is 5.56 Å². The molecule has 10 nitrogen and oxygen atoms in total. The average Bonchev–Trinajstić information content (AvgIpc) is 3.58. The van der Waals surface area contributed by atoms with Crippen LogP contribution in [-0.4, -0.2) is 63.6 Å². The number of halogens is 1. The lowest BCUT2D eigenvalue weighted by atomic mass is 9.98. The number of rotatable bonds is 8. The number of carbonyl (C=O) groups is 1. The molecule has 1 aromatic carbocycles. The van der Waals surface area contributed by atoms with Crippen LogP contribution in [0.1, 0.15) is 51.5 Å². The van der Waals surface area contributed by atoms with Crippen LogP contribution in [0.25, 0.3) is 32.4 Å². The van der Waals surface area contributed by atoms with Crippen LogP contribution in [0.2, 0.25) is 30.7 Å². The number of fused-ring (bicyclic) bond motifs is 4. The van der Waals surface area contributed by atoms with Gasteiger partial charge >= 0.3 is 6.09 Å². The SMILES string of the molecule is Cc1nc2ccc(-c3cn(COCC[Si](C)(C)C)c4nc(N5C6CCC5CC(NC(=O)OC(C)(C)C)C6)n(C)c(=O)c34)c(Cl)c2s1. The van der Waals surface area contributed by atoms with E-state index in [2.05, 4.69) is 34.8 Å². The lowest BCUT2D eigenvalue weighted by molar-refractivity contribution is 0.0492. The molecule has 0 saturated carbocycles. The Kier molecular flexibility index (Phi) is 8.79. The summed E-state index contributed by atoms with van der Waals surface area (Å²) >= 11 is 8.56. The number of nitrogens with zero attached hydrogens (tertiary/aromatic N) is 5. The zero-order valence-electron chi connectivity index (χ0n) is 28.1. The van der Waals surface area contributed by atoms with E-state index >= 15 is 0 Å². The second kappa shape index (κ2) is 12.3. The molecule has 2 unspecified atom stereocenters. The Morgan fingerprint density at radius 2 is 1.83 bits per heavy atom. The van der Waals surface area contributed by atoms with Crippen LogP contribution in [0, 0.1) is 6.92 Å². The van der Waals surface area contributed by atoms with Gasteiger partial charge in [0.2, 0.25) is 5.95 Å². The van der Waals surface area contributed by atoms with E-state index in [9.17, 15) is 9.59 Å². The molecular formula is C33H45ClN6O4SSi. The molecule has 0 aliphatic carbocycles. The molecule has 248 valence electrons. The van der Waals surface area contributed by atoms with Crippen LogP contribution in [0.4, 0.5) is 10.7 Å². The van der Waals surface area contributed by atoms with Gasteiger partial charge in [-0.1, -0.05) is 37.3 Å². The molecule has 2 aliphatic rings. The summed E-state index contributed by atoms with van der Waals surface area (Å²) in [6, 6.07) is 5.26. The molecule has 2 atom stereocenters. The number of benzene rings is 1. The number of amides is 1. The van der Waals surface area contributed by atoms with Gasteiger partial charge in [-0.05, 0) is 65.5 Å². The lowest BCUT2D eigenvalue weighted by Crippen LogP contribution is -2.52. The first-order chi connectivity index (χ1) is 21.6. The van der Waals surface area contributed by atoms with E-state index in [4.69, 9.17) is 26.1 Å². The van der Waals surface area contributed by atoms with Crippen molar-refractivity contribution in [2.75, 3.05) is 11.5 Å². The fraction of sp³-hybridized carbons (Fsp3) is 0.576. The molecule has 6 rings (SSSR count). The Morgan fingerprint density at radius 3 is 2.48 bits per heavy atom. The highest BCUT2D eigenvalue weighted by Crippen LogP contribution is 2.42. The molecule has 1 N–H and O–H groups in total. The van der Waals surface area contributed by atoms with Crippen molar-refractivity contribution in [1.82, 2.24) is 24.4 Å². The zero-order valence-corrected chi connectivity index (χ0v) is 30.6. The van der Waals surface area contributed by atoms with E-state index in [0.29, 0.717) is 28.6 Å². The third-order valence-corrected chi connectivity index (χ3v) is 12.1. The number of ether oxygens (including phenoxy) is 2. The van der Waals surface area contributed by atoms with Crippen LogP contribution < -0.4 is 15.8 Å². The van der Waals surface area contributed by atoms with E-state index < -0.39 is 13.7 Å². The molecule has 0 radical (unpaired) electrons. The second-order valence-electron chi connectivity index (χ2n) is 15.0. The van der Waals surface area contributed by atoms with Crippen LogP contribution in [0.5, 0.6) is 0 Å². The molecular weight excluding hydrogens is 640 g/mol. The summed E-state index contributed by atoms with van der Waals surface area (Å²) in [5.74, 6) is 0.647. The fourth-order valence-corrected chi connectivity index (χ4v) is 8.75. The third kappa shape index (κ3) is 6.58.